The lowest BCUT2D eigenvalue weighted by atomic mass is 9.82. The van der Waals surface area contributed by atoms with Crippen molar-refractivity contribution in [2.24, 2.45) is 0 Å². The molecule has 0 radical (unpaired) electrons. The fourth-order valence-corrected chi connectivity index (χ4v) is 2.65. The van der Waals surface area contributed by atoms with E-state index in [0.717, 1.165) is 12.2 Å². The number of aromatic nitrogens is 3. The predicted octanol–water partition coefficient (Wildman–Crippen LogP) is 2.34. The molecule has 0 aliphatic heterocycles. The lowest BCUT2D eigenvalue weighted by Crippen LogP contribution is -2.25. The van der Waals surface area contributed by atoms with Gasteiger partial charge >= 0.3 is 0 Å². The Bertz CT molecular complexity index is 406. The zero-order valence-electron chi connectivity index (χ0n) is 8.92. The van der Waals surface area contributed by atoms with Gasteiger partial charge in [0.25, 0.3) is 0 Å². The summed E-state index contributed by atoms with van der Waals surface area (Å²) in [5.41, 5.74) is 5.82. The minimum atomic E-state index is 0.157. The molecule has 0 atom stereocenters. The number of nitrogen functional groups attached to an aromatic ring is 1. The van der Waals surface area contributed by atoms with Crippen molar-refractivity contribution in [1.29, 1.82) is 0 Å². The van der Waals surface area contributed by atoms with Gasteiger partial charge in [-0.25, -0.2) is 4.98 Å². The first-order valence-electron chi connectivity index (χ1n) is 5.40. The summed E-state index contributed by atoms with van der Waals surface area (Å²) >= 11 is 5.00. The molecular formula is C10H16N4S. The maximum atomic E-state index is 5.67. The second-order valence-electron chi connectivity index (χ2n) is 4.21. The van der Waals surface area contributed by atoms with Gasteiger partial charge in [-0.15, -0.1) is 0 Å². The molecule has 1 saturated carbocycles. The third-order valence-corrected chi connectivity index (χ3v) is 3.59. The van der Waals surface area contributed by atoms with E-state index in [0.29, 0.717) is 10.7 Å². The molecule has 5 heteroatoms. The van der Waals surface area contributed by atoms with E-state index < -0.39 is 0 Å². The summed E-state index contributed by atoms with van der Waals surface area (Å²) in [4.78, 5) is 11.3. The molecule has 0 unspecified atom stereocenters. The number of nitrogens with one attached hydrogen (secondary N) is 1. The van der Waals surface area contributed by atoms with E-state index in [1.54, 1.807) is 0 Å². The molecule has 1 heterocycles. The van der Waals surface area contributed by atoms with Crippen LogP contribution < -0.4 is 5.73 Å². The number of nitrogens with two attached hydrogens (primary N) is 1. The van der Waals surface area contributed by atoms with Crippen LogP contribution in [0.1, 0.15) is 44.9 Å². The average Bonchev–Trinajstić information content (AvgIpc) is 2.65. The smallest absolute Gasteiger partial charge is 0.224 e. The molecular weight excluding hydrogens is 208 g/mol. The highest BCUT2D eigenvalue weighted by Crippen LogP contribution is 2.41. The van der Waals surface area contributed by atoms with Crippen molar-refractivity contribution in [2.45, 2.75) is 44.4 Å². The summed E-state index contributed by atoms with van der Waals surface area (Å²) in [6.07, 6.45) is 5.95. The Hall–Kier alpha value is -0.970. The molecule has 2 rings (SSSR count). The molecule has 1 aliphatic rings. The number of anilines is 1. The van der Waals surface area contributed by atoms with Gasteiger partial charge in [-0.2, -0.15) is 4.98 Å². The summed E-state index contributed by atoms with van der Waals surface area (Å²) in [6, 6.07) is 0. The monoisotopic (exact) mass is 224 g/mol. The second kappa shape index (κ2) is 3.89. The normalized spacial score (nSPS) is 19.3. The van der Waals surface area contributed by atoms with Crippen LogP contribution >= 0.6 is 12.2 Å². The van der Waals surface area contributed by atoms with Crippen molar-refractivity contribution < 1.29 is 0 Å². The maximum Gasteiger partial charge on any atom is 0.224 e. The van der Waals surface area contributed by atoms with Gasteiger partial charge in [0.05, 0.1) is 0 Å². The first kappa shape index (κ1) is 10.5. The number of hydrogen-bond acceptors (Lipinski definition) is 4. The highest BCUT2D eigenvalue weighted by atomic mass is 32.1. The van der Waals surface area contributed by atoms with Crippen LogP contribution in [-0.4, -0.2) is 15.0 Å². The van der Waals surface area contributed by atoms with Gasteiger partial charge < -0.3 is 10.7 Å². The van der Waals surface area contributed by atoms with Crippen LogP contribution in [0.3, 0.4) is 0 Å². The number of rotatable bonds is 2. The minimum Gasteiger partial charge on any atom is -0.369 e. The van der Waals surface area contributed by atoms with E-state index in [9.17, 15) is 0 Å². The summed E-state index contributed by atoms with van der Waals surface area (Å²) in [5.74, 6) is 1.31. The number of H-pyrrole nitrogens is 1. The second-order valence-corrected chi connectivity index (χ2v) is 4.57. The summed E-state index contributed by atoms with van der Waals surface area (Å²) in [6.45, 7) is 2.19. The lowest BCUT2D eigenvalue weighted by Gasteiger charge is -2.26. The molecule has 3 N–H and O–H groups in total. The molecule has 15 heavy (non-hydrogen) atoms. The summed E-state index contributed by atoms with van der Waals surface area (Å²) in [5, 5.41) is 0. The Morgan fingerprint density at radius 2 is 2.07 bits per heavy atom. The number of nitrogens with zero attached hydrogens (tertiary/aromatic N) is 2. The van der Waals surface area contributed by atoms with Crippen molar-refractivity contribution in [1.82, 2.24) is 15.0 Å². The Balaban J connectivity index is 2.46. The molecule has 1 fully saturated rings. The number of aromatic amines is 1. The van der Waals surface area contributed by atoms with Gasteiger partial charge in [0.1, 0.15) is 5.82 Å². The Kier molecular flexibility index (Phi) is 2.73. The van der Waals surface area contributed by atoms with Gasteiger partial charge in [-0.05, 0) is 31.5 Å². The lowest BCUT2D eigenvalue weighted by molar-refractivity contribution is 0.397. The van der Waals surface area contributed by atoms with Crippen molar-refractivity contribution in [3.05, 3.63) is 10.6 Å². The molecule has 4 nitrogen and oxygen atoms in total. The largest absolute Gasteiger partial charge is 0.369 e. The number of hydrogen-bond donors (Lipinski definition) is 2. The van der Waals surface area contributed by atoms with E-state index in [1.807, 2.05) is 0 Å². The van der Waals surface area contributed by atoms with Crippen molar-refractivity contribution in [3.8, 4) is 0 Å². The van der Waals surface area contributed by atoms with Gasteiger partial charge in [0, 0.05) is 5.41 Å². The predicted molar refractivity (Wildman–Crippen MR) is 62.1 cm³/mol. The molecule has 0 amide bonds. The van der Waals surface area contributed by atoms with Gasteiger partial charge in [-0.3, -0.25) is 0 Å². The van der Waals surface area contributed by atoms with Crippen LogP contribution in [-0.2, 0) is 5.41 Å². The Morgan fingerprint density at radius 1 is 1.40 bits per heavy atom. The molecule has 0 saturated heterocycles. The molecule has 1 aliphatic carbocycles. The zero-order chi connectivity index (χ0) is 10.9. The van der Waals surface area contributed by atoms with Crippen molar-refractivity contribution in [3.63, 3.8) is 0 Å². The highest BCUT2D eigenvalue weighted by molar-refractivity contribution is 7.71. The van der Waals surface area contributed by atoms with E-state index in [-0.39, 0.29) is 5.41 Å². The standard InChI is InChI=1S/C10H16N4S/c1-2-10(5-3-4-6-10)7-12-8(11)14-9(15)13-7/h2-6H2,1H3,(H3,11,12,13,14,15). The van der Waals surface area contributed by atoms with Crippen LogP contribution in [0.15, 0.2) is 0 Å². The van der Waals surface area contributed by atoms with Crippen LogP contribution in [0.25, 0.3) is 0 Å². The minimum absolute atomic E-state index is 0.157. The average molecular weight is 224 g/mol. The maximum absolute atomic E-state index is 5.67. The Morgan fingerprint density at radius 3 is 2.60 bits per heavy atom. The topological polar surface area (TPSA) is 67.6 Å². The zero-order valence-corrected chi connectivity index (χ0v) is 9.73. The van der Waals surface area contributed by atoms with Crippen molar-refractivity contribution in [2.75, 3.05) is 5.73 Å². The fourth-order valence-electron chi connectivity index (χ4n) is 2.46. The quantitative estimate of drug-likeness (QED) is 0.757. The van der Waals surface area contributed by atoms with E-state index >= 15 is 0 Å². The molecule has 1 aromatic rings. The highest BCUT2D eigenvalue weighted by Gasteiger charge is 2.36. The third-order valence-electron chi connectivity index (χ3n) is 3.41. The van der Waals surface area contributed by atoms with Crippen LogP contribution in [0, 0.1) is 4.77 Å². The molecule has 82 valence electrons. The first-order chi connectivity index (χ1) is 7.16. The fraction of sp³-hybridized carbons (Fsp3) is 0.700. The van der Waals surface area contributed by atoms with Crippen molar-refractivity contribution >= 4 is 18.2 Å². The van der Waals surface area contributed by atoms with E-state index in [1.165, 1.54) is 25.7 Å². The Labute approximate surface area is 94.3 Å². The van der Waals surface area contributed by atoms with Gasteiger partial charge in [0.15, 0.2) is 0 Å². The molecule has 0 aromatic carbocycles. The first-order valence-corrected chi connectivity index (χ1v) is 5.81. The van der Waals surface area contributed by atoms with Crippen LogP contribution in [0.4, 0.5) is 5.95 Å². The summed E-state index contributed by atoms with van der Waals surface area (Å²) in [7, 11) is 0. The molecule has 1 aromatic heterocycles. The van der Waals surface area contributed by atoms with Crippen LogP contribution in [0.2, 0.25) is 0 Å². The molecule has 0 spiro atoms. The van der Waals surface area contributed by atoms with Gasteiger partial charge in [0.2, 0.25) is 10.7 Å². The third kappa shape index (κ3) is 1.88. The SMILES string of the molecule is CCC1(c2nc(=S)nc(N)[nH]2)CCCC1. The molecule has 0 bridgehead atoms. The van der Waals surface area contributed by atoms with Gasteiger partial charge in [-0.1, -0.05) is 19.8 Å². The summed E-state index contributed by atoms with van der Waals surface area (Å²) < 4.78 is 0.348. The van der Waals surface area contributed by atoms with E-state index in [4.69, 9.17) is 18.0 Å². The van der Waals surface area contributed by atoms with E-state index in [2.05, 4.69) is 21.9 Å². The van der Waals surface area contributed by atoms with Crippen LogP contribution in [0.5, 0.6) is 0 Å².